The number of esters is 3. The number of rotatable bonds is 8. The minimum absolute atomic E-state index is 0.0170. The summed E-state index contributed by atoms with van der Waals surface area (Å²) in [6.45, 7) is 1.29. The standard InChI is InChI=1S/C24H24O9/c1-15(26)31-18-11-21(24(28)29-2)33-22(12-18)32-20-9-8-17(13-25)10-19(20)23(27)30-14-16-6-4-3-5-7-16/h3-10,13,18,21-22H,11-12,14H2,1-2H3. The molecule has 9 heteroatoms. The van der Waals surface area contributed by atoms with Gasteiger partial charge in [-0.15, -0.1) is 0 Å². The van der Waals surface area contributed by atoms with Crippen LogP contribution in [-0.2, 0) is 35.1 Å². The van der Waals surface area contributed by atoms with E-state index in [1.165, 1.54) is 32.2 Å². The van der Waals surface area contributed by atoms with Gasteiger partial charge < -0.3 is 23.7 Å². The van der Waals surface area contributed by atoms with E-state index in [4.69, 9.17) is 23.7 Å². The Bertz CT molecular complexity index is 1000. The van der Waals surface area contributed by atoms with Crippen LogP contribution in [-0.4, -0.2) is 49.8 Å². The monoisotopic (exact) mass is 456 g/mol. The van der Waals surface area contributed by atoms with Crippen LogP contribution in [0.4, 0.5) is 0 Å². The molecule has 1 saturated heterocycles. The van der Waals surface area contributed by atoms with Crippen LogP contribution < -0.4 is 4.74 Å². The molecule has 1 aliphatic rings. The van der Waals surface area contributed by atoms with Gasteiger partial charge in [0.15, 0.2) is 6.10 Å². The first-order valence-corrected chi connectivity index (χ1v) is 10.3. The van der Waals surface area contributed by atoms with E-state index in [0.29, 0.717) is 6.29 Å². The van der Waals surface area contributed by atoms with E-state index in [-0.39, 0.29) is 36.3 Å². The molecule has 174 valence electrons. The second-order valence-electron chi connectivity index (χ2n) is 7.33. The molecule has 0 N–H and O–H groups in total. The highest BCUT2D eigenvalue weighted by molar-refractivity contribution is 5.94. The van der Waals surface area contributed by atoms with Crippen molar-refractivity contribution in [3.63, 3.8) is 0 Å². The van der Waals surface area contributed by atoms with Gasteiger partial charge in [0.25, 0.3) is 0 Å². The molecule has 0 radical (unpaired) electrons. The summed E-state index contributed by atoms with van der Waals surface area (Å²) in [6.07, 6.45) is -1.84. The Morgan fingerprint density at radius 2 is 1.85 bits per heavy atom. The maximum absolute atomic E-state index is 12.8. The van der Waals surface area contributed by atoms with Crippen LogP contribution in [0.3, 0.4) is 0 Å². The van der Waals surface area contributed by atoms with Crippen molar-refractivity contribution in [1.29, 1.82) is 0 Å². The molecule has 1 fully saturated rings. The SMILES string of the molecule is COC(=O)C1CC(OC(C)=O)CC(Oc2ccc(C=O)cc2C(=O)OCc2ccccc2)O1. The zero-order valence-electron chi connectivity index (χ0n) is 18.2. The van der Waals surface area contributed by atoms with Crippen molar-refractivity contribution < 1.29 is 42.9 Å². The predicted octanol–water partition coefficient (Wildman–Crippen LogP) is 2.84. The Labute approximate surface area is 190 Å². The zero-order chi connectivity index (χ0) is 23.8. The topological polar surface area (TPSA) is 114 Å². The number of hydrogen-bond donors (Lipinski definition) is 0. The molecule has 0 aromatic heterocycles. The summed E-state index contributed by atoms with van der Waals surface area (Å²) >= 11 is 0. The van der Waals surface area contributed by atoms with Gasteiger partial charge in [0.1, 0.15) is 30.3 Å². The maximum atomic E-state index is 12.8. The number of carbonyl (C=O) groups excluding carboxylic acids is 4. The van der Waals surface area contributed by atoms with E-state index in [1.807, 2.05) is 30.3 Å². The van der Waals surface area contributed by atoms with Crippen molar-refractivity contribution in [2.75, 3.05) is 7.11 Å². The van der Waals surface area contributed by atoms with Crippen molar-refractivity contribution >= 4 is 24.2 Å². The second kappa shape index (κ2) is 11.2. The molecular formula is C24H24O9. The van der Waals surface area contributed by atoms with Crippen LogP contribution >= 0.6 is 0 Å². The van der Waals surface area contributed by atoms with Crippen molar-refractivity contribution in [3.05, 3.63) is 65.2 Å². The fraction of sp³-hybridized carbons (Fsp3) is 0.333. The lowest BCUT2D eigenvalue weighted by Gasteiger charge is -2.33. The molecule has 1 heterocycles. The van der Waals surface area contributed by atoms with Crippen molar-refractivity contribution in [2.45, 2.75) is 44.9 Å². The number of hydrogen-bond acceptors (Lipinski definition) is 9. The molecule has 3 atom stereocenters. The van der Waals surface area contributed by atoms with Crippen molar-refractivity contribution in [2.24, 2.45) is 0 Å². The Morgan fingerprint density at radius 1 is 1.09 bits per heavy atom. The minimum atomic E-state index is -1.02. The molecule has 3 unspecified atom stereocenters. The van der Waals surface area contributed by atoms with Gasteiger partial charge in [0.05, 0.1) is 7.11 Å². The van der Waals surface area contributed by atoms with Gasteiger partial charge in [0.2, 0.25) is 6.29 Å². The van der Waals surface area contributed by atoms with Crippen LogP contribution in [0.2, 0.25) is 0 Å². The normalized spacial score (nSPS) is 19.8. The van der Waals surface area contributed by atoms with Gasteiger partial charge in [0, 0.05) is 25.3 Å². The fourth-order valence-corrected chi connectivity index (χ4v) is 3.36. The van der Waals surface area contributed by atoms with Gasteiger partial charge >= 0.3 is 17.9 Å². The summed E-state index contributed by atoms with van der Waals surface area (Å²) in [5.74, 6) is -1.76. The fourth-order valence-electron chi connectivity index (χ4n) is 3.36. The average Bonchev–Trinajstić information content (AvgIpc) is 2.82. The van der Waals surface area contributed by atoms with E-state index >= 15 is 0 Å². The van der Waals surface area contributed by atoms with Crippen LogP contribution in [0.15, 0.2) is 48.5 Å². The van der Waals surface area contributed by atoms with E-state index in [2.05, 4.69) is 0 Å². The van der Waals surface area contributed by atoms with Crippen molar-refractivity contribution in [3.8, 4) is 5.75 Å². The number of ether oxygens (including phenoxy) is 5. The summed E-state index contributed by atoms with van der Waals surface area (Å²) in [5, 5.41) is 0. The highest BCUT2D eigenvalue weighted by atomic mass is 16.7. The molecule has 33 heavy (non-hydrogen) atoms. The summed E-state index contributed by atoms with van der Waals surface area (Å²) in [5.41, 5.74) is 1.06. The third-order valence-electron chi connectivity index (χ3n) is 4.88. The van der Waals surface area contributed by atoms with Crippen LogP contribution in [0.25, 0.3) is 0 Å². The molecule has 3 rings (SSSR count). The second-order valence-corrected chi connectivity index (χ2v) is 7.33. The largest absolute Gasteiger partial charge is 0.467 e. The molecule has 0 saturated carbocycles. The minimum Gasteiger partial charge on any atom is -0.467 e. The van der Waals surface area contributed by atoms with E-state index in [0.717, 1.165) is 5.56 Å². The van der Waals surface area contributed by atoms with E-state index in [1.54, 1.807) is 0 Å². The highest BCUT2D eigenvalue weighted by Crippen LogP contribution is 2.29. The summed E-state index contributed by atoms with van der Waals surface area (Å²) in [7, 11) is 1.22. The quantitative estimate of drug-likeness (QED) is 0.336. The molecule has 0 spiro atoms. The molecule has 2 aromatic carbocycles. The first-order valence-electron chi connectivity index (χ1n) is 10.3. The Hall–Kier alpha value is -3.72. The van der Waals surface area contributed by atoms with Gasteiger partial charge in [-0.25, -0.2) is 9.59 Å². The number of benzene rings is 2. The van der Waals surface area contributed by atoms with Gasteiger partial charge in [-0.1, -0.05) is 30.3 Å². The van der Waals surface area contributed by atoms with Gasteiger partial charge in [-0.05, 0) is 23.8 Å². The first-order chi connectivity index (χ1) is 15.9. The first kappa shape index (κ1) is 23.9. The predicted molar refractivity (Wildman–Crippen MR) is 113 cm³/mol. The van der Waals surface area contributed by atoms with E-state index in [9.17, 15) is 19.2 Å². The van der Waals surface area contributed by atoms with Crippen molar-refractivity contribution in [1.82, 2.24) is 0 Å². The average molecular weight is 456 g/mol. The van der Waals surface area contributed by atoms with E-state index < -0.39 is 36.4 Å². The summed E-state index contributed by atoms with van der Waals surface area (Å²) < 4.78 is 26.9. The Balaban J connectivity index is 1.79. The molecule has 0 amide bonds. The summed E-state index contributed by atoms with van der Waals surface area (Å²) in [6, 6.07) is 13.4. The third-order valence-corrected chi connectivity index (χ3v) is 4.88. The lowest BCUT2D eigenvalue weighted by Crippen LogP contribution is -2.44. The zero-order valence-corrected chi connectivity index (χ0v) is 18.2. The van der Waals surface area contributed by atoms with Crippen LogP contribution in [0.1, 0.15) is 46.0 Å². The molecular weight excluding hydrogens is 432 g/mol. The lowest BCUT2D eigenvalue weighted by molar-refractivity contribution is -0.204. The van der Waals surface area contributed by atoms with Crippen LogP contribution in [0.5, 0.6) is 5.75 Å². The molecule has 1 aliphatic heterocycles. The Kier molecular flexibility index (Phi) is 8.15. The third kappa shape index (κ3) is 6.63. The number of carbonyl (C=O) groups is 4. The Morgan fingerprint density at radius 3 is 2.52 bits per heavy atom. The summed E-state index contributed by atoms with van der Waals surface area (Å²) in [4.78, 5) is 47.4. The highest BCUT2D eigenvalue weighted by Gasteiger charge is 2.37. The molecule has 0 aliphatic carbocycles. The number of aldehydes is 1. The maximum Gasteiger partial charge on any atom is 0.342 e. The lowest BCUT2D eigenvalue weighted by atomic mass is 10.0. The number of methoxy groups -OCH3 is 1. The molecule has 2 aromatic rings. The molecule has 0 bridgehead atoms. The van der Waals surface area contributed by atoms with Gasteiger partial charge in [-0.3, -0.25) is 9.59 Å². The molecule has 9 nitrogen and oxygen atoms in total. The smallest absolute Gasteiger partial charge is 0.342 e. The van der Waals surface area contributed by atoms with Crippen LogP contribution in [0, 0.1) is 0 Å². The van der Waals surface area contributed by atoms with Gasteiger partial charge in [-0.2, -0.15) is 0 Å².